The molecule has 0 radical (unpaired) electrons. The molecule has 1 heterocycles. The van der Waals surface area contributed by atoms with E-state index in [2.05, 4.69) is 6.92 Å². The van der Waals surface area contributed by atoms with E-state index in [1.807, 2.05) is 6.92 Å². The summed E-state index contributed by atoms with van der Waals surface area (Å²) in [7, 11) is 0. The lowest BCUT2D eigenvalue weighted by Gasteiger charge is -2.41. The maximum atomic E-state index is 11.9. The lowest BCUT2D eigenvalue weighted by molar-refractivity contribution is -0.312. The molecule has 2 unspecified atom stereocenters. The Morgan fingerprint density at radius 2 is 1.73 bits per heavy atom. The number of carboxylic acids is 1. The SMILES string of the molecule is CCCCCC(CC)O[C@@H]1O[C@H](COC(=O)CC(C)(O)CC(=O)O)[C@@H](O)[C@H](O)[C@H]1O. The zero-order chi connectivity index (χ0) is 22.9. The Labute approximate surface area is 176 Å². The maximum absolute atomic E-state index is 11.9. The standard InChI is InChI=1S/C20H36O10/c1-4-6-7-8-12(5-2)29-19-18(26)17(25)16(24)13(30-19)11-28-15(23)10-20(3,27)9-14(21)22/h12-13,16-19,24-27H,4-11H2,1-3H3,(H,21,22)/t12?,13-,16-,17+,18-,19-,20?/m1/s1. The van der Waals surface area contributed by atoms with Crippen LogP contribution in [-0.2, 0) is 23.8 Å². The molecular formula is C20H36O10. The van der Waals surface area contributed by atoms with Crippen molar-refractivity contribution < 1.29 is 49.3 Å². The fraction of sp³-hybridized carbons (Fsp3) is 0.900. The van der Waals surface area contributed by atoms with Crippen LogP contribution in [0.25, 0.3) is 0 Å². The monoisotopic (exact) mass is 436 g/mol. The smallest absolute Gasteiger partial charge is 0.308 e. The summed E-state index contributed by atoms with van der Waals surface area (Å²) in [5.74, 6) is -2.15. The van der Waals surface area contributed by atoms with Crippen molar-refractivity contribution in [1.29, 1.82) is 0 Å². The number of aliphatic carboxylic acids is 1. The molecule has 0 amide bonds. The Morgan fingerprint density at radius 1 is 1.07 bits per heavy atom. The number of carbonyl (C=O) groups is 2. The highest BCUT2D eigenvalue weighted by Gasteiger charge is 2.45. The van der Waals surface area contributed by atoms with Crippen molar-refractivity contribution in [2.75, 3.05) is 6.61 Å². The summed E-state index contributed by atoms with van der Waals surface area (Å²) in [4.78, 5) is 22.6. The molecule has 10 nitrogen and oxygen atoms in total. The van der Waals surface area contributed by atoms with Crippen molar-refractivity contribution >= 4 is 11.9 Å². The molecule has 176 valence electrons. The minimum absolute atomic E-state index is 0.201. The molecule has 0 aromatic heterocycles. The third kappa shape index (κ3) is 8.83. The van der Waals surface area contributed by atoms with Gasteiger partial charge in [-0.2, -0.15) is 0 Å². The molecule has 7 atom stereocenters. The van der Waals surface area contributed by atoms with Crippen molar-refractivity contribution in [3.63, 3.8) is 0 Å². The van der Waals surface area contributed by atoms with E-state index in [0.29, 0.717) is 6.42 Å². The van der Waals surface area contributed by atoms with E-state index in [1.165, 1.54) is 6.92 Å². The number of carboxylic acid groups (broad SMARTS) is 1. The molecule has 0 aromatic carbocycles. The summed E-state index contributed by atoms with van der Waals surface area (Å²) in [6, 6.07) is 0. The second-order valence-corrected chi connectivity index (χ2v) is 8.10. The van der Waals surface area contributed by atoms with E-state index in [4.69, 9.17) is 19.3 Å². The zero-order valence-corrected chi connectivity index (χ0v) is 17.9. The first kappa shape index (κ1) is 26.7. The molecule has 0 saturated carbocycles. The van der Waals surface area contributed by atoms with Crippen molar-refractivity contribution in [3.8, 4) is 0 Å². The minimum atomic E-state index is -1.79. The quantitative estimate of drug-likeness (QED) is 0.201. The predicted octanol–water partition coefficient (Wildman–Crippen LogP) is 0.329. The Balaban J connectivity index is 2.64. The number of hydrogen-bond donors (Lipinski definition) is 5. The van der Waals surface area contributed by atoms with Gasteiger partial charge >= 0.3 is 11.9 Å². The van der Waals surface area contributed by atoms with Crippen LogP contribution in [0.3, 0.4) is 0 Å². The number of hydrogen-bond acceptors (Lipinski definition) is 9. The summed E-state index contributed by atoms with van der Waals surface area (Å²) in [5, 5.41) is 49.1. The molecule has 1 saturated heterocycles. The molecule has 1 aliphatic heterocycles. The molecule has 5 N–H and O–H groups in total. The molecule has 0 aromatic rings. The Bertz CT molecular complexity index is 538. The van der Waals surface area contributed by atoms with Gasteiger partial charge in [0, 0.05) is 0 Å². The molecule has 0 spiro atoms. The van der Waals surface area contributed by atoms with Crippen LogP contribution in [0, 0.1) is 0 Å². The van der Waals surface area contributed by atoms with Gasteiger partial charge in [-0.3, -0.25) is 9.59 Å². The highest BCUT2D eigenvalue weighted by molar-refractivity contribution is 5.73. The highest BCUT2D eigenvalue weighted by Crippen LogP contribution is 2.25. The largest absolute Gasteiger partial charge is 0.481 e. The zero-order valence-electron chi connectivity index (χ0n) is 17.9. The summed E-state index contributed by atoms with van der Waals surface area (Å²) in [5.41, 5.74) is -1.79. The van der Waals surface area contributed by atoms with Crippen molar-refractivity contribution in [2.45, 2.75) is 108 Å². The number of carbonyl (C=O) groups excluding carboxylic acids is 1. The van der Waals surface area contributed by atoms with Gasteiger partial charge in [-0.25, -0.2) is 0 Å². The van der Waals surface area contributed by atoms with E-state index >= 15 is 0 Å². The first-order chi connectivity index (χ1) is 14.0. The molecule has 0 aliphatic carbocycles. The average Bonchev–Trinajstić information content (AvgIpc) is 2.64. The van der Waals surface area contributed by atoms with Crippen LogP contribution in [0.15, 0.2) is 0 Å². The molecule has 0 bridgehead atoms. The van der Waals surface area contributed by atoms with Crippen LogP contribution in [0.1, 0.15) is 65.7 Å². The van der Waals surface area contributed by atoms with Gasteiger partial charge in [0.1, 0.15) is 31.0 Å². The first-order valence-electron chi connectivity index (χ1n) is 10.5. The lowest BCUT2D eigenvalue weighted by atomic mass is 9.98. The Hall–Kier alpha value is -1.30. The summed E-state index contributed by atoms with van der Waals surface area (Å²) in [6.07, 6.45) is -3.84. The van der Waals surface area contributed by atoms with E-state index in [1.54, 1.807) is 0 Å². The van der Waals surface area contributed by atoms with Crippen LogP contribution in [-0.4, -0.2) is 86.5 Å². The number of esters is 1. The summed E-state index contributed by atoms with van der Waals surface area (Å²) >= 11 is 0. The van der Waals surface area contributed by atoms with Crippen molar-refractivity contribution in [2.24, 2.45) is 0 Å². The first-order valence-corrected chi connectivity index (χ1v) is 10.5. The summed E-state index contributed by atoms with van der Waals surface area (Å²) in [6.45, 7) is 4.75. The van der Waals surface area contributed by atoms with Crippen LogP contribution in [0.4, 0.5) is 0 Å². The van der Waals surface area contributed by atoms with Gasteiger partial charge in [0.05, 0.1) is 24.5 Å². The molecule has 1 rings (SSSR count). The van der Waals surface area contributed by atoms with Crippen LogP contribution in [0.2, 0.25) is 0 Å². The molecule has 30 heavy (non-hydrogen) atoms. The van der Waals surface area contributed by atoms with E-state index in [0.717, 1.165) is 25.7 Å². The number of aliphatic hydroxyl groups is 4. The average molecular weight is 436 g/mol. The molecule has 1 fully saturated rings. The minimum Gasteiger partial charge on any atom is -0.481 e. The second kappa shape index (κ2) is 12.5. The fourth-order valence-electron chi connectivity index (χ4n) is 3.27. The van der Waals surface area contributed by atoms with Crippen molar-refractivity contribution in [3.05, 3.63) is 0 Å². The number of ether oxygens (including phenoxy) is 3. The van der Waals surface area contributed by atoms with E-state index in [9.17, 15) is 30.0 Å². The normalized spacial score (nSPS) is 29.8. The van der Waals surface area contributed by atoms with Crippen LogP contribution >= 0.6 is 0 Å². The Kier molecular flexibility index (Phi) is 11.2. The predicted molar refractivity (Wildman–Crippen MR) is 104 cm³/mol. The number of rotatable bonds is 13. The Morgan fingerprint density at radius 3 is 2.30 bits per heavy atom. The lowest BCUT2D eigenvalue weighted by Crippen LogP contribution is -2.60. The molecule has 1 aliphatic rings. The van der Waals surface area contributed by atoms with E-state index < -0.39 is 67.7 Å². The van der Waals surface area contributed by atoms with Crippen LogP contribution < -0.4 is 0 Å². The fourth-order valence-corrected chi connectivity index (χ4v) is 3.27. The molecule has 10 heteroatoms. The number of aliphatic hydroxyl groups excluding tert-OH is 3. The van der Waals surface area contributed by atoms with Gasteiger partial charge in [0.15, 0.2) is 6.29 Å². The van der Waals surface area contributed by atoms with Gasteiger partial charge in [-0.1, -0.05) is 33.1 Å². The number of unbranched alkanes of at least 4 members (excludes halogenated alkanes) is 2. The highest BCUT2D eigenvalue weighted by atomic mass is 16.7. The third-order valence-electron chi connectivity index (χ3n) is 5.05. The second-order valence-electron chi connectivity index (χ2n) is 8.10. The topological polar surface area (TPSA) is 163 Å². The maximum Gasteiger partial charge on any atom is 0.308 e. The third-order valence-corrected chi connectivity index (χ3v) is 5.05. The van der Waals surface area contributed by atoms with E-state index in [-0.39, 0.29) is 6.10 Å². The van der Waals surface area contributed by atoms with Crippen LogP contribution in [0.5, 0.6) is 0 Å². The molecular weight excluding hydrogens is 400 g/mol. The van der Waals surface area contributed by atoms with Crippen molar-refractivity contribution in [1.82, 2.24) is 0 Å². The summed E-state index contributed by atoms with van der Waals surface area (Å²) < 4.78 is 16.3. The van der Waals surface area contributed by atoms with Gasteiger partial charge in [-0.15, -0.1) is 0 Å². The van der Waals surface area contributed by atoms with Gasteiger partial charge in [0.25, 0.3) is 0 Å². The van der Waals surface area contributed by atoms with Gasteiger partial charge in [0.2, 0.25) is 0 Å². The van der Waals surface area contributed by atoms with Gasteiger partial charge in [-0.05, 0) is 19.8 Å². The van der Waals surface area contributed by atoms with Gasteiger partial charge < -0.3 is 39.7 Å².